The number of carbonyl (C=O) groups excluding carboxylic acids is 2. The maximum Gasteiger partial charge on any atom is 0.326 e. The van der Waals surface area contributed by atoms with E-state index in [1.54, 1.807) is 31.2 Å². The van der Waals surface area contributed by atoms with Gasteiger partial charge in [0.15, 0.2) is 5.78 Å². The van der Waals surface area contributed by atoms with E-state index in [2.05, 4.69) is 10.6 Å². The summed E-state index contributed by atoms with van der Waals surface area (Å²) in [5.41, 5.74) is 0.705. The van der Waals surface area contributed by atoms with Crippen molar-refractivity contribution in [2.45, 2.75) is 13.8 Å². The van der Waals surface area contributed by atoms with E-state index in [4.69, 9.17) is 21.3 Å². The van der Waals surface area contributed by atoms with E-state index in [0.717, 1.165) is 0 Å². The molecule has 0 unspecified atom stereocenters. The number of nitrogens with one attached hydrogen (secondary N) is 2. The van der Waals surface area contributed by atoms with E-state index in [-0.39, 0.29) is 28.6 Å². The van der Waals surface area contributed by atoms with Gasteiger partial charge in [0.1, 0.15) is 17.4 Å². The van der Waals surface area contributed by atoms with Gasteiger partial charge in [0.2, 0.25) is 5.88 Å². The van der Waals surface area contributed by atoms with Gasteiger partial charge in [-0.2, -0.15) is 5.26 Å². The number of hydrogen-bond acceptors (Lipinski definition) is 4. The lowest BCUT2D eigenvalue weighted by atomic mass is 10.1. The van der Waals surface area contributed by atoms with Crippen LogP contribution in [0.3, 0.4) is 0 Å². The minimum Gasteiger partial charge on any atom is -0.443 e. The SMILES string of the molecule is CC(=O)c1c(C)oc(NC(=O)Nc2ccc(Cl)cc2)c1C#N. The van der Waals surface area contributed by atoms with Crippen molar-refractivity contribution in [1.29, 1.82) is 5.26 Å². The van der Waals surface area contributed by atoms with Gasteiger partial charge in [-0.1, -0.05) is 11.6 Å². The minimum absolute atomic E-state index is 0.0104. The Morgan fingerprint density at radius 3 is 2.41 bits per heavy atom. The second-order valence-corrected chi connectivity index (χ2v) is 4.93. The number of nitriles is 1. The maximum absolute atomic E-state index is 11.9. The number of nitrogens with zero attached hydrogens (tertiary/aromatic N) is 1. The lowest BCUT2D eigenvalue weighted by Gasteiger charge is -2.05. The molecule has 0 aliphatic carbocycles. The number of Topliss-reactive ketones (excluding diaryl/α,β-unsaturated/α-hetero) is 1. The fourth-order valence-electron chi connectivity index (χ4n) is 1.96. The first kappa shape index (κ1) is 15.6. The van der Waals surface area contributed by atoms with Crippen molar-refractivity contribution >= 4 is 35.0 Å². The molecule has 0 saturated carbocycles. The van der Waals surface area contributed by atoms with Gasteiger partial charge < -0.3 is 9.73 Å². The van der Waals surface area contributed by atoms with Crippen LogP contribution in [0.4, 0.5) is 16.4 Å². The molecule has 2 rings (SSSR count). The van der Waals surface area contributed by atoms with Crippen molar-refractivity contribution in [2.24, 2.45) is 0 Å². The summed E-state index contributed by atoms with van der Waals surface area (Å²) in [7, 11) is 0. The number of hydrogen-bond donors (Lipinski definition) is 2. The van der Waals surface area contributed by atoms with Crippen molar-refractivity contribution in [2.75, 3.05) is 10.6 Å². The number of urea groups is 1. The van der Waals surface area contributed by atoms with E-state index in [0.29, 0.717) is 10.7 Å². The second-order valence-electron chi connectivity index (χ2n) is 4.49. The van der Waals surface area contributed by atoms with E-state index in [1.165, 1.54) is 6.92 Å². The molecule has 22 heavy (non-hydrogen) atoms. The van der Waals surface area contributed by atoms with E-state index >= 15 is 0 Å². The number of rotatable bonds is 3. The van der Waals surface area contributed by atoms with Crippen LogP contribution in [0, 0.1) is 18.3 Å². The molecule has 0 saturated heterocycles. The fraction of sp³-hybridized carbons (Fsp3) is 0.133. The summed E-state index contributed by atoms with van der Waals surface area (Å²) in [6, 6.07) is 7.78. The van der Waals surface area contributed by atoms with E-state index in [1.807, 2.05) is 6.07 Å². The summed E-state index contributed by atoms with van der Waals surface area (Å²) in [4.78, 5) is 23.4. The molecule has 0 spiro atoms. The zero-order valence-electron chi connectivity index (χ0n) is 11.9. The molecule has 1 aromatic heterocycles. The minimum atomic E-state index is -0.595. The van der Waals surface area contributed by atoms with Gasteiger partial charge in [0.05, 0.1) is 5.56 Å². The van der Waals surface area contributed by atoms with Crippen LogP contribution in [0.1, 0.15) is 28.6 Å². The van der Waals surface area contributed by atoms with Crippen LogP contribution in [0.2, 0.25) is 5.02 Å². The highest BCUT2D eigenvalue weighted by Crippen LogP contribution is 2.27. The third-order valence-corrected chi connectivity index (χ3v) is 3.13. The lowest BCUT2D eigenvalue weighted by Crippen LogP contribution is -2.19. The van der Waals surface area contributed by atoms with Gasteiger partial charge >= 0.3 is 6.03 Å². The van der Waals surface area contributed by atoms with E-state index in [9.17, 15) is 9.59 Å². The van der Waals surface area contributed by atoms with Crippen LogP contribution in [-0.4, -0.2) is 11.8 Å². The van der Waals surface area contributed by atoms with Crippen molar-refractivity contribution in [3.8, 4) is 6.07 Å². The number of amides is 2. The summed E-state index contributed by atoms with van der Waals surface area (Å²) in [6.07, 6.45) is 0. The molecule has 2 amide bonds. The Morgan fingerprint density at radius 1 is 1.23 bits per heavy atom. The zero-order valence-corrected chi connectivity index (χ0v) is 12.6. The molecule has 0 atom stereocenters. The number of carbonyl (C=O) groups is 2. The molecule has 0 bridgehead atoms. The molecule has 0 fully saturated rings. The van der Waals surface area contributed by atoms with Crippen LogP contribution in [0.5, 0.6) is 0 Å². The molecule has 1 aromatic carbocycles. The summed E-state index contributed by atoms with van der Waals surface area (Å²) in [5.74, 6) is -0.0773. The monoisotopic (exact) mass is 317 g/mol. The topological polar surface area (TPSA) is 95.1 Å². The Bertz CT molecular complexity index is 773. The first-order valence-corrected chi connectivity index (χ1v) is 6.68. The number of furan rings is 1. The summed E-state index contributed by atoms with van der Waals surface area (Å²) >= 11 is 5.76. The number of halogens is 1. The molecule has 0 radical (unpaired) electrons. The van der Waals surface area contributed by atoms with Crippen LogP contribution in [0.25, 0.3) is 0 Å². The fourth-order valence-corrected chi connectivity index (χ4v) is 2.09. The molecule has 6 nitrogen and oxygen atoms in total. The molecule has 0 aliphatic heterocycles. The smallest absolute Gasteiger partial charge is 0.326 e. The second kappa shape index (κ2) is 6.33. The molecule has 0 aliphatic rings. The normalized spacial score (nSPS) is 9.91. The largest absolute Gasteiger partial charge is 0.443 e. The van der Waals surface area contributed by atoms with Crippen molar-refractivity contribution < 1.29 is 14.0 Å². The van der Waals surface area contributed by atoms with Gasteiger partial charge in [-0.25, -0.2) is 4.79 Å². The molecular weight excluding hydrogens is 306 g/mol. The average Bonchev–Trinajstić information content (AvgIpc) is 2.76. The molecule has 1 heterocycles. The highest BCUT2D eigenvalue weighted by molar-refractivity contribution is 6.30. The Kier molecular flexibility index (Phi) is 4.49. The Hall–Kier alpha value is -2.78. The van der Waals surface area contributed by atoms with Gasteiger partial charge in [0, 0.05) is 10.7 Å². The van der Waals surface area contributed by atoms with Crippen molar-refractivity contribution in [3.63, 3.8) is 0 Å². The highest BCUT2D eigenvalue weighted by atomic mass is 35.5. The van der Waals surface area contributed by atoms with Gasteiger partial charge in [0.25, 0.3) is 0 Å². The van der Waals surface area contributed by atoms with Crippen LogP contribution in [-0.2, 0) is 0 Å². The molecule has 7 heteroatoms. The molecule has 2 N–H and O–H groups in total. The Morgan fingerprint density at radius 2 is 1.86 bits per heavy atom. The quantitative estimate of drug-likeness (QED) is 0.837. The molecule has 2 aromatic rings. The predicted octanol–water partition coefficient (Wildman–Crippen LogP) is 3.96. The molecule has 112 valence electrons. The Labute approximate surface area is 131 Å². The van der Waals surface area contributed by atoms with Crippen LogP contribution >= 0.6 is 11.6 Å². The van der Waals surface area contributed by atoms with Gasteiger partial charge in [-0.15, -0.1) is 0 Å². The van der Waals surface area contributed by atoms with Gasteiger partial charge in [-0.05, 0) is 38.1 Å². The number of aryl methyl sites for hydroxylation is 1. The third-order valence-electron chi connectivity index (χ3n) is 2.88. The average molecular weight is 318 g/mol. The Balaban J connectivity index is 2.19. The molecular formula is C15H12ClN3O3. The number of anilines is 2. The van der Waals surface area contributed by atoms with Gasteiger partial charge in [-0.3, -0.25) is 10.1 Å². The zero-order chi connectivity index (χ0) is 16.3. The van der Waals surface area contributed by atoms with Crippen LogP contribution < -0.4 is 10.6 Å². The lowest BCUT2D eigenvalue weighted by molar-refractivity contribution is 0.101. The van der Waals surface area contributed by atoms with Crippen LogP contribution in [0.15, 0.2) is 28.7 Å². The van der Waals surface area contributed by atoms with Crippen molar-refractivity contribution in [3.05, 3.63) is 46.2 Å². The van der Waals surface area contributed by atoms with Crippen molar-refractivity contribution in [1.82, 2.24) is 0 Å². The highest BCUT2D eigenvalue weighted by Gasteiger charge is 2.22. The number of benzene rings is 1. The summed E-state index contributed by atoms with van der Waals surface area (Å²) in [6.45, 7) is 2.89. The standard InChI is InChI=1S/C15H12ClN3O3/c1-8(20)13-9(2)22-14(12(13)7-17)19-15(21)18-11-5-3-10(16)4-6-11/h3-6H,1-2H3,(H2,18,19,21). The first-order chi connectivity index (χ1) is 10.4. The predicted molar refractivity (Wildman–Crippen MR) is 82.3 cm³/mol. The maximum atomic E-state index is 11.9. The summed E-state index contributed by atoms with van der Waals surface area (Å²) < 4.78 is 5.29. The third kappa shape index (κ3) is 3.27. The number of ketones is 1. The summed E-state index contributed by atoms with van der Waals surface area (Å²) in [5, 5.41) is 14.7. The first-order valence-electron chi connectivity index (χ1n) is 6.30. The van der Waals surface area contributed by atoms with E-state index < -0.39 is 6.03 Å².